The van der Waals surface area contributed by atoms with Gasteiger partial charge in [-0.2, -0.15) is 0 Å². The maximum atomic E-state index is 12.0. The van der Waals surface area contributed by atoms with Crippen LogP contribution >= 0.6 is 0 Å². The third kappa shape index (κ3) is 6.87. The average molecular weight is 336 g/mol. The average Bonchev–Trinajstić information content (AvgIpc) is 2.50. The van der Waals surface area contributed by atoms with Crippen LogP contribution in [-0.4, -0.2) is 37.2 Å². The van der Waals surface area contributed by atoms with Crippen LogP contribution < -0.4 is 26.8 Å². The summed E-state index contributed by atoms with van der Waals surface area (Å²) in [5.41, 5.74) is 12.9. The number of carbonyl (C=O) groups is 2. The Morgan fingerprint density at radius 3 is 2.46 bits per heavy atom. The van der Waals surface area contributed by atoms with E-state index in [0.29, 0.717) is 26.0 Å². The van der Waals surface area contributed by atoms with Gasteiger partial charge in [0.05, 0.1) is 12.1 Å². The Hall–Kier alpha value is -2.28. The molecule has 6 N–H and O–H groups in total. The van der Waals surface area contributed by atoms with E-state index in [-0.39, 0.29) is 11.9 Å². The number of benzene rings is 1. The molecular weight excluding hydrogens is 308 g/mol. The zero-order chi connectivity index (χ0) is 18.1. The molecule has 3 amide bonds. The maximum Gasteiger partial charge on any atom is 0.312 e. The Morgan fingerprint density at radius 2 is 1.88 bits per heavy atom. The van der Waals surface area contributed by atoms with Crippen molar-refractivity contribution < 1.29 is 14.3 Å². The molecule has 0 aliphatic carbocycles. The van der Waals surface area contributed by atoms with Crippen LogP contribution in [0, 0.1) is 13.8 Å². The smallest absolute Gasteiger partial charge is 0.312 e. The lowest BCUT2D eigenvalue weighted by Gasteiger charge is -2.19. The third-order valence-corrected chi connectivity index (χ3v) is 3.60. The second-order valence-electron chi connectivity index (χ2n) is 5.98. The number of urea groups is 1. The second kappa shape index (κ2) is 9.77. The van der Waals surface area contributed by atoms with Crippen LogP contribution in [0.15, 0.2) is 18.2 Å². The van der Waals surface area contributed by atoms with E-state index in [9.17, 15) is 9.59 Å². The lowest BCUT2D eigenvalue weighted by molar-refractivity contribution is -0.123. The quantitative estimate of drug-likeness (QED) is 0.502. The van der Waals surface area contributed by atoms with Gasteiger partial charge < -0.3 is 26.8 Å². The van der Waals surface area contributed by atoms with Crippen molar-refractivity contribution in [2.45, 2.75) is 45.7 Å². The fourth-order valence-electron chi connectivity index (χ4n) is 2.29. The van der Waals surface area contributed by atoms with Gasteiger partial charge in [0.25, 0.3) is 0 Å². The monoisotopic (exact) mass is 336 g/mol. The summed E-state index contributed by atoms with van der Waals surface area (Å²) in [6.45, 7) is 6.62. The minimum absolute atomic E-state index is 0.161. The highest BCUT2D eigenvalue weighted by Crippen LogP contribution is 2.22. The molecule has 7 nitrogen and oxygen atoms in total. The van der Waals surface area contributed by atoms with Gasteiger partial charge >= 0.3 is 6.03 Å². The van der Waals surface area contributed by atoms with E-state index in [0.717, 1.165) is 16.9 Å². The summed E-state index contributed by atoms with van der Waals surface area (Å²) in [5, 5.41) is 5.30. The number of nitrogens with two attached hydrogens (primary N) is 2. The van der Waals surface area contributed by atoms with Gasteiger partial charge in [0.15, 0.2) is 0 Å². The van der Waals surface area contributed by atoms with E-state index in [1.54, 1.807) is 0 Å². The van der Waals surface area contributed by atoms with Crippen molar-refractivity contribution in [1.82, 2.24) is 10.6 Å². The fraction of sp³-hybridized carbons (Fsp3) is 0.529. The summed E-state index contributed by atoms with van der Waals surface area (Å²) >= 11 is 0. The molecule has 1 aromatic rings. The van der Waals surface area contributed by atoms with Gasteiger partial charge in [0.1, 0.15) is 12.4 Å². The van der Waals surface area contributed by atoms with Gasteiger partial charge in [-0.25, -0.2) is 4.79 Å². The van der Waals surface area contributed by atoms with Crippen molar-refractivity contribution in [1.29, 1.82) is 0 Å². The molecule has 0 bridgehead atoms. The predicted molar refractivity (Wildman–Crippen MR) is 93.8 cm³/mol. The minimum atomic E-state index is -0.623. The summed E-state index contributed by atoms with van der Waals surface area (Å²) in [7, 11) is 0. The number of para-hydroxylation sites is 1. The Balaban J connectivity index is 2.34. The lowest BCUT2D eigenvalue weighted by atomic mass is 10.1. The van der Waals surface area contributed by atoms with Crippen molar-refractivity contribution in [3.05, 3.63) is 29.3 Å². The Kier molecular flexibility index (Phi) is 8.05. The Labute approximate surface area is 143 Å². The van der Waals surface area contributed by atoms with E-state index in [2.05, 4.69) is 10.6 Å². The van der Waals surface area contributed by atoms with Crippen molar-refractivity contribution >= 4 is 11.9 Å². The first-order valence-corrected chi connectivity index (χ1v) is 8.09. The first-order chi connectivity index (χ1) is 11.3. The highest BCUT2D eigenvalue weighted by Gasteiger charge is 2.16. The van der Waals surface area contributed by atoms with Crippen LogP contribution in [0.25, 0.3) is 0 Å². The molecule has 0 saturated heterocycles. The standard InChI is InChI=1S/C17H28N4O3/c1-11-6-4-7-12(2)15(11)24-10-13(3)21-16(22)14(18)8-5-9-20-17(19)23/h4,6-7,13-14H,5,8-10,18H2,1-3H3,(H,21,22)(H3,19,20,23)/t13?,14-/m0/s1. The van der Waals surface area contributed by atoms with E-state index in [1.807, 2.05) is 39.0 Å². The number of rotatable bonds is 9. The van der Waals surface area contributed by atoms with Crippen molar-refractivity contribution in [2.75, 3.05) is 13.2 Å². The fourth-order valence-corrected chi connectivity index (χ4v) is 2.29. The highest BCUT2D eigenvalue weighted by molar-refractivity contribution is 5.81. The van der Waals surface area contributed by atoms with E-state index < -0.39 is 12.1 Å². The van der Waals surface area contributed by atoms with Crippen molar-refractivity contribution in [2.24, 2.45) is 11.5 Å². The van der Waals surface area contributed by atoms with Crippen LogP contribution in [0.1, 0.15) is 30.9 Å². The lowest BCUT2D eigenvalue weighted by Crippen LogP contribution is -2.46. The molecule has 0 aliphatic heterocycles. The molecule has 0 saturated carbocycles. The molecule has 134 valence electrons. The molecule has 7 heteroatoms. The normalized spacial score (nSPS) is 13.0. The van der Waals surface area contributed by atoms with Gasteiger partial charge in [0.2, 0.25) is 5.91 Å². The zero-order valence-electron chi connectivity index (χ0n) is 14.6. The third-order valence-electron chi connectivity index (χ3n) is 3.60. The van der Waals surface area contributed by atoms with E-state index >= 15 is 0 Å². The molecular formula is C17H28N4O3. The van der Waals surface area contributed by atoms with Crippen LogP contribution in [0.3, 0.4) is 0 Å². The van der Waals surface area contributed by atoms with Gasteiger partial charge in [-0.3, -0.25) is 4.79 Å². The second-order valence-corrected chi connectivity index (χ2v) is 5.98. The predicted octanol–water partition coefficient (Wildman–Crippen LogP) is 0.963. The molecule has 1 unspecified atom stereocenters. The van der Waals surface area contributed by atoms with Crippen LogP contribution in [0.4, 0.5) is 4.79 Å². The van der Waals surface area contributed by atoms with E-state index in [4.69, 9.17) is 16.2 Å². The van der Waals surface area contributed by atoms with Crippen molar-refractivity contribution in [3.8, 4) is 5.75 Å². The molecule has 1 rings (SSSR count). The minimum Gasteiger partial charge on any atom is -0.491 e. The molecule has 2 atom stereocenters. The van der Waals surface area contributed by atoms with Gasteiger partial charge in [0, 0.05) is 6.54 Å². The van der Waals surface area contributed by atoms with Gasteiger partial charge in [-0.1, -0.05) is 18.2 Å². The van der Waals surface area contributed by atoms with Crippen LogP contribution in [0.2, 0.25) is 0 Å². The molecule has 1 aromatic carbocycles. The summed E-state index contributed by atoms with van der Waals surface area (Å²) in [5.74, 6) is 0.618. The number of ether oxygens (including phenoxy) is 1. The topological polar surface area (TPSA) is 119 Å². The maximum absolute atomic E-state index is 12.0. The van der Waals surface area contributed by atoms with E-state index in [1.165, 1.54) is 0 Å². The Morgan fingerprint density at radius 1 is 1.25 bits per heavy atom. The molecule has 0 heterocycles. The number of hydrogen-bond acceptors (Lipinski definition) is 4. The van der Waals surface area contributed by atoms with Gasteiger partial charge in [-0.15, -0.1) is 0 Å². The first-order valence-electron chi connectivity index (χ1n) is 8.09. The molecule has 0 spiro atoms. The highest BCUT2D eigenvalue weighted by atomic mass is 16.5. The molecule has 0 aromatic heterocycles. The van der Waals surface area contributed by atoms with Crippen molar-refractivity contribution in [3.63, 3.8) is 0 Å². The number of nitrogens with one attached hydrogen (secondary N) is 2. The summed E-state index contributed by atoms with van der Waals surface area (Å²) in [4.78, 5) is 22.6. The molecule has 0 radical (unpaired) electrons. The number of amides is 3. The number of aryl methyl sites for hydroxylation is 2. The number of hydrogen-bond donors (Lipinski definition) is 4. The van der Waals surface area contributed by atoms with Gasteiger partial charge in [-0.05, 0) is 44.7 Å². The summed E-state index contributed by atoms with van der Waals surface area (Å²) < 4.78 is 5.82. The largest absolute Gasteiger partial charge is 0.491 e. The molecule has 24 heavy (non-hydrogen) atoms. The van der Waals surface area contributed by atoms with Crippen LogP contribution in [0.5, 0.6) is 5.75 Å². The molecule has 0 aliphatic rings. The number of primary amides is 1. The zero-order valence-corrected chi connectivity index (χ0v) is 14.6. The Bertz CT molecular complexity index is 543. The summed E-state index contributed by atoms with van der Waals surface area (Å²) in [6, 6.07) is 4.59. The molecule has 0 fully saturated rings. The first kappa shape index (κ1) is 19.8. The number of carbonyl (C=O) groups excluding carboxylic acids is 2. The SMILES string of the molecule is Cc1cccc(C)c1OCC(C)NC(=O)[C@@H](N)CCCNC(N)=O. The summed E-state index contributed by atoms with van der Waals surface area (Å²) in [6.07, 6.45) is 1.06. The van der Waals surface area contributed by atoms with Crippen LogP contribution in [-0.2, 0) is 4.79 Å².